The van der Waals surface area contributed by atoms with Crippen molar-refractivity contribution >= 4 is 11.9 Å². The molecular formula is C5H12ClNO2. The topological polar surface area (TPSA) is 41.5 Å². The minimum absolute atomic E-state index is 0.155. The van der Waals surface area contributed by atoms with Gasteiger partial charge in [0, 0.05) is 0 Å². The Hall–Kier alpha value is 0.170. The van der Waals surface area contributed by atoms with Gasteiger partial charge in [0.05, 0.1) is 11.9 Å². The summed E-state index contributed by atoms with van der Waals surface area (Å²) in [6, 6.07) is 0. The first-order chi connectivity index (χ1) is 4.12. The molecule has 0 amide bonds. The molecule has 4 heteroatoms. The molecular weight excluding hydrogens is 142 g/mol. The Morgan fingerprint density at radius 3 is 2.67 bits per heavy atom. The molecule has 0 radical (unpaired) electrons. The van der Waals surface area contributed by atoms with Gasteiger partial charge in [0.15, 0.2) is 0 Å². The summed E-state index contributed by atoms with van der Waals surface area (Å²) >= 11 is 4.89. The Kier molecular flexibility index (Phi) is 4.14. The maximum atomic E-state index is 9.20. The van der Waals surface area contributed by atoms with Gasteiger partial charge in [-0.2, -0.15) is 0 Å². The molecule has 2 N–H and O–H groups in total. The van der Waals surface area contributed by atoms with E-state index in [4.69, 9.17) is 11.9 Å². The van der Waals surface area contributed by atoms with E-state index in [9.17, 15) is 5.11 Å². The van der Waals surface area contributed by atoms with Crippen LogP contribution in [0.1, 0.15) is 20.3 Å². The third-order valence-electron chi connectivity index (χ3n) is 1.20. The molecule has 0 saturated heterocycles. The summed E-state index contributed by atoms with van der Waals surface area (Å²) in [7, 11) is 0. The van der Waals surface area contributed by atoms with Crippen molar-refractivity contribution in [2.24, 2.45) is 0 Å². The molecule has 0 aromatic heterocycles. The van der Waals surface area contributed by atoms with Gasteiger partial charge >= 0.3 is 0 Å². The van der Waals surface area contributed by atoms with Crippen LogP contribution < -0.4 is 5.32 Å². The maximum Gasteiger partial charge on any atom is 0.121 e. The van der Waals surface area contributed by atoms with Gasteiger partial charge in [-0.05, 0) is 13.3 Å². The minimum atomic E-state index is -0.866. The molecule has 0 aliphatic heterocycles. The van der Waals surface area contributed by atoms with Crippen LogP contribution in [0.4, 0.5) is 0 Å². The third-order valence-corrected chi connectivity index (χ3v) is 1.31. The maximum absolute atomic E-state index is 9.20. The van der Waals surface area contributed by atoms with E-state index >= 15 is 0 Å². The van der Waals surface area contributed by atoms with Crippen molar-refractivity contribution in [3.8, 4) is 0 Å². The molecule has 0 aromatic carbocycles. The van der Waals surface area contributed by atoms with E-state index in [0.29, 0.717) is 6.42 Å². The standard InChI is InChI=1S/C5H12ClNO2/c1-3-5(2,8)7-4-9-6/h7-8H,3-4H2,1-2H3. The molecule has 9 heavy (non-hydrogen) atoms. The van der Waals surface area contributed by atoms with Crippen LogP contribution in [0.2, 0.25) is 0 Å². The highest BCUT2D eigenvalue weighted by atomic mass is 35.5. The minimum Gasteiger partial charge on any atom is -0.376 e. The van der Waals surface area contributed by atoms with E-state index in [1.165, 1.54) is 0 Å². The zero-order chi connectivity index (χ0) is 7.33. The Bertz CT molecular complexity index is 77.4. The zero-order valence-electron chi connectivity index (χ0n) is 5.65. The number of nitrogens with one attached hydrogen (secondary N) is 1. The lowest BCUT2D eigenvalue weighted by atomic mass is 10.2. The SMILES string of the molecule is CCC(C)(O)NCOCl. The second-order valence-corrected chi connectivity index (χ2v) is 2.28. The van der Waals surface area contributed by atoms with Crippen LogP contribution >= 0.6 is 11.9 Å². The van der Waals surface area contributed by atoms with Gasteiger partial charge < -0.3 is 5.11 Å². The monoisotopic (exact) mass is 153 g/mol. The Morgan fingerprint density at radius 2 is 2.33 bits per heavy atom. The van der Waals surface area contributed by atoms with Gasteiger partial charge in [0.25, 0.3) is 0 Å². The van der Waals surface area contributed by atoms with Crippen molar-refractivity contribution < 1.29 is 9.40 Å². The number of hydrogen-bond acceptors (Lipinski definition) is 3. The van der Waals surface area contributed by atoms with E-state index in [0.717, 1.165) is 0 Å². The van der Waals surface area contributed by atoms with Gasteiger partial charge in [-0.25, -0.2) is 0 Å². The summed E-state index contributed by atoms with van der Waals surface area (Å²) in [6.45, 7) is 3.67. The lowest BCUT2D eigenvalue weighted by Gasteiger charge is -2.21. The first-order valence-electron chi connectivity index (χ1n) is 2.83. The van der Waals surface area contributed by atoms with Gasteiger partial charge in [0.2, 0.25) is 0 Å². The number of aliphatic hydroxyl groups is 1. The van der Waals surface area contributed by atoms with E-state index in [2.05, 4.69) is 9.61 Å². The van der Waals surface area contributed by atoms with E-state index < -0.39 is 5.72 Å². The van der Waals surface area contributed by atoms with Crippen LogP contribution in [0.15, 0.2) is 0 Å². The average molecular weight is 154 g/mol. The molecule has 0 heterocycles. The van der Waals surface area contributed by atoms with Crippen molar-refractivity contribution in [3.05, 3.63) is 0 Å². The first kappa shape index (κ1) is 9.17. The lowest BCUT2D eigenvalue weighted by Crippen LogP contribution is -2.41. The quantitative estimate of drug-likeness (QED) is 0.588. The number of rotatable bonds is 4. The fraction of sp³-hybridized carbons (Fsp3) is 1.00. The van der Waals surface area contributed by atoms with Crippen LogP contribution in [0.25, 0.3) is 0 Å². The van der Waals surface area contributed by atoms with Crippen molar-refractivity contribution in [1.29, 1.82) is 0 Å². The highest BCUT2D eigenvalue weighted by molar-refractivity contribution is 6.07. The summed E-state index contributed by atoms with van der Waals surface area (Å²) in [5.41, 5.74) is -0.866. The molecule has 0 bridgehead atoms. The van der Waals surface area contributed by atoms with Crippen molar-refractivity contribution in [2.75, 3.05) is 6.73 Å². The Balaban J connectivity index is 3.33. The summed E-state index contributed by atoms with van der Waals surface area (Å²) in [6.07, 6.45) is 0.618. The van der Waals surface area contributed by atoms with Crippen LogP contribution in [-0.2, 0) is 4.29 Å². The second kappa shape index (κ2) is 4.06. The van der Waals surface area contributed by atoms with E-state index in [-0.39, 0.29) is 6.73 Å². The van der Waals surface area contributed by atoms with E-state index in [1.807, 2.05) is 6.92 Å². The zero-order valence-corrected chi connectivity index (χ0v) is 6.40. The molecule has 0 saturated carbocycles. The highest BCUT2D eigenvalue weighted by Gasteiger charge is 2.14. The molecule has 0 aliphatic rings. The largest absolute Gasteiger partial charge is 0.376 e. The fourth-order valence-corrected chi connectivity index (χ4v) is 0.362. The molecule has 56 valence electrons. The molecule has 0 aliphatic carbocycles. The Labute approximate surface area is 60.1 Å². The smallest absolute Gasteiger partial charge is 0.121 e. The average Bonchev–Trinajstić information content (AvgIpc) is 1.84. The predicted octanol–water partition coefficient (Wildman–Crippen LogP) is 0.822. The van der Waals surface area contributed by atoms with Gasteiger partial charge in [-0.15, -0.1) is 0 Å². The predicted molar refractivity (Wildman–Crippen MR) is 35.9 cm³/mol. The molecule has 0 rings (SSSR count). The summed E-state index contributed by atoms with van der Waals surface area (Å²) in [5, 5.41) is 11.9. The summed E-state index contributed by atoms with van der Waals surface area (Å²) in [4.78, 5) is 0. The number of halogens is 1. The fourth-order valence-electron chi connectivity index (χ4n) is 0.308. The molecule has 0 fully saturated rings. The molecule has 0 spiro atoms. The van der Waals surface area contributed by atoms with Crippen LogP contribution in [0.5, 0.6) is 0 Å². The van der Waals surface area contributed by atoms with Crippen molar-refractivity contribution in [1.82, 2.24) is 5.32 Å². The van der Waals surface area contributed by atoms with Gasteiger partial charge in [-0.1, -0.05) is 6.92 Å². The van der Waals surface area contributed by atoms with Gasteiger partial charge in [0.1, 0.15) is 12.5 Å². The van der Waals surface area contributed by atoms with Crippen molar-refractivity contribution in [3.63, 3.8) is 0 Å². The first-order valence-corrected chi connectivity index (χ1v) is 3.14. The summed E-state index contributed by atoms with van der Waals surface area (Å²) in [5.74, 6) is 0. The molecule has 0 aromatic rings. The van der Waals surface area contributed by atoms with Crippen LogP contribution in [0.3, 0.4) is 0 Å². The number of hydrogen-bond donors (Lipinski definition) is 2. The van der Waals surface area contributed by atoms with Gasteiger partial charge in [-0.3, -0.25) is 9.61 Å². The van der Waals surface area contributed by atoms with Crippen molar-refractivity contribution in [2.45, 2.75) is 26.0 Å². The molecule has 3 nitrogen and oxygen atoms in total. The normalized spacial score (nSPS) is 17.3. The van der Waals surface area contributed by atoms with E-state index in [1.54, 1.807) is 6.92 Å². The van der Waals surface area contributed by atoms with Crippen LogP contribution in [-0.4, -0.2) is 17.6 Å². The second-order valence-electron chi connectivity index (χ2n) is 2.06. The lowest BCUT2D eigenvalue weighted by molar-refractivity contribution is 0.00288. The third kappa shape index (κ3) is 4.66. The highest BCUT2D eigenvalue weighted by Crippen LogP contribution is 2.01. The molecule has 1 unspecified atom stereocenters. The Morgan fingerprint density at radius 1 is 1.78 bits per heavy atom. The molecule has 1 atom stereocenters. The summed E-state index contributed by atoms with van der Waals surface area (Å²) < 4.78 is 4.18. The van der Waals surface area contributed by atoms with Crippen LogP contribution in [0, 0.1) is 0 Å².